The zero-order valence-electron chi connectivity index (χ0n) is 11.1. The van der Waals surface area contributed by atoms with Crippen LogP contribution >= 0.6 is 11.6 Å². The summed E-state index contributed by atoms with van der Waals surface area (Å²) in [5.74, 6) is 2.07. The van der Waals surface area contributed by atoms with Crippen LogP contribution in [0.5, 0.6) is 0 Å². The molecule has 1 aromatic heterocycles. The van der Waals surface area contributed by atoms with Crippen molar-refractivity contribution in [2.24, 2.45) is 11.8 Å². The Bertz CT molecular complexity index is 483. The number of fused-ring (bicyclic) bond motifs is 1. The molecule has 2 heterocycles. The van der Waals surface area contributed by atoms with Crippen LogP contribution in [0.1, 0.15) is 12.8 Å². The molecule has 1 saturated carbocycles. The van der Waals surface area contributed by atoms with Gasteiger partial charge in [0.15, 0.2) is 0 Å². The molecule has 1 aliphatic heterocycles. The van der Waals surface area contributed by atoms with Gasteiger partial charge >= 0.3 is 0 Å². The lowest BCUT2D eigenvalue weighted by Gasteiger charge is -2.19. The predicted octanol–water partition coefficient (Wildman–Crippen LogP) is 0.798. The molecular weight excluding hydrogens is 266 g/mol. The summed E-state index contributed by atoms with van der Waals surface area (Å²) < 4.78 is 0. The molecule has 1 saturated heterocycles. The maximum Gasteiger partial charge on any atom is 0.231 e. The van der Waals surface area contributed by atoms with E-state index in [-0.39, 0.29) is 11.4 Å². The van der Waals surface area contributed by atoms with Crippen molar-refractivity contribution in [1.29, 1.82) is 0 Å². The first kappa shape index (κ1) is 12.9. The van der Waals surface area contributed by atoms with Gasteiger partial charge in [0, 0.05) is 33.1 Å². The SMILES string of the molecule is CN(C)c1nc(Cl)nc(N2CC3CCC(O)C3C2)n1. The van der Waals surface area contributed by atoms with Crippen LogP contribution in [0.3, 0.4) is 0 Å². The number of halogens is 1. The summed E-state index contributed by atoms with van der Waals surface area (Å²) in [6.07, 6.45) is 1.83. The second-order valence-electron chi connectivity index (χ2n) is 5.57. The molecule has 6 nitrogen and oxygen atoms in total. The number of rotatable bonds is 2. The van der Waals surface area contributed by atoms with E-state index < -0.39 is 0 Å². The largest absolute Gasteiger partial charge is 0.393 e. The molecule has 0 amide bonds. The fourth-order valence-corrected chi connectivity index (χ4v) is 3.22. The average molecular weight is 284 g/mol. The van der Waals surface area contributed by atoms with E-state index in [0.717, 1.165) is 25.9 Å². The fourth-order valence-electron chi connectivity index (χ4n) is 3.07. The lowest BCUT2D eigenvalue weighted by atomic mass is 10.00. The van der Waals surface area contributed by atoms with Gasteiger partial charge in [0.1, 0.15) is 0 Å². The number of hydrogen-bond acceptors (Lipinski definition) is 6. The van der Waals surface area contributed by atoms with E-state index >= 15 is 0 Å². The first-order chi connectivity index (χ1) is 9.04. The topological polar surface area (TPSA) is 65.4 Å². The second-order valence-corrected chi connectivity index (χ2v) is 5.91. The summed E-state index contributed by atoms with van der Waals surface area (Å²) in [6.45, 7) is 1.70. The molecule has 104 valence electrons. The Morgan fingerprint density at radius 1 is 1.21 bits per heavy atom. The Hall–Kier alpha value is -1.14. The van der Waals surface area contributed by atoms with Crippen molar-refractivity contribution in [3.05, 3.63) is 5.28 Å². The molecule has 1 aliphatic carbocycles. The molecule has 1 aromatic rings. The maximum absolute atomic E-state index is 9.95. The van der Waals surface area contributed by atoms with E-state index in [1.807, 2.05) is 19.0 Å². The van der Waals surface area contributed by atoms with Gasteiger partial charge in [0.2, 0.25) is 17.2 Å². The van der Waals surface area contributed by atoms with E-state index in [9.17, 15) is 5.11 Å². The number of hydrogen-bond donors (Lipinski definition) is 1. The number of aliphatic hydroxyl groups is 1. The van der Waals surface area contributed by atoms with Crippen molar-refractivity contribution >= 4 is 23.5 Å². The standard InChI is InChI=1S/C12H18ClN5O/c1-17(2)11-14-10(13)15-12(16-11)18-5-7-3-4-9(19)8(7)6-18/h7-9,19H,3-6H2,1-2H3. The number of aromatic nitrogens is 3. The van der Waals surface area contributed by atoms with Crippen LogP contribution in [-0.2, 0) is 0 Å². The normalized spacial score (nSPS) is 29.7. The monoisotopic (exact) mass is 283 g/mol. The lowest BCUT2D eigenvalue weighted by Crippen LogP contribution is -2.27. The van der Waals surface area contributed by atoms with Gasteiger partial charge in [-0.2, -0.15) is 15.0 Å². The van der Waals surface area contributed by atoms with Crippen molar-refractivity contribution < 1.29 is 5.11 Å². The van der Waals surface area contributed by atoms with Gasteiger partial charge in [-0.15, -0.1) is 0 Å². The third-order valence-corrected chi connectivity index (χ3v) is 4.26. The minimum Gasteiger partial charge on any atom is -0.393 e. The summed E-state index contributed by atoms with van der Waals surface area (Å²) in [5.41, 5.74) is 0. The van der Waals surface area contributed by atoms with Gasteiger partial charge in [-0.1, -0.05) is 0 Å². The van der Waals surface area contributed by atoms with E-state index in [2.05, 4.69) is 19.9 Å². The first-order valence-corrected chi connectivity index (χ1v) is 6.94. The van der Waals surface area contributed by atoms with Crippen molar-refractivity contribution in [2.45, 2.75) is 18.9 Å². The highest BCUT2D eigenvalue weighted by Gasteiger charge is 2.42. The van der Waals surface area contributed by atoms with Crippen LogP contribution in [0.4, 0.5) is 11.9 Å². The fraction of sp³-hybridized carbons (Fsp3) is 0.750. The molecule has 0 radical (unpaired) electrons. The summed E-state index contributed by atoms with van der Waals surface area (Å²) in [5, 5.41) is 10.2. The average Bonchev–Trinajstić information content (AvgIpc) is 2.91. The minimum absolute atomic E-state index is 0.180. The van der Waals surface area contributed by atoms with Gasteiger partial charge in [0.05, 0.1) is 6.10 Å². The van der Waals surface area contributed by atoms with Gasteiger partial charge in [0.25, 0.3) is 0 Å². The summed E-state index contributed by atoms with van der Waals surface area (Å²) >= 11 is 5.96. The molecule has 1 N–H and O–H groups in total. The van der Waals surface area contributed by atoms with Crippen molar-refractivity contribution in [2.75, 3.05) is 37.0 Å². The van der Waals surface area contributed by atoms with Crippen LogP contribution in [0.2, 0.25) is 5.28 Å². The Balaban J connectivity index is 1.84. The number of nitrogens with zero attached hydrogens (tertiary/aromatic N) is 5. The van der Waals surface area contributed by atoms with E-state index in [4.69, 9.17) is 11.6 Å². The maximum atomic E-state index is 9.95. The van der Waals surface area contributed by atoms with E-state index in [1.165, 1.54) is 0 Å². The Morgan fingerprint density at radius 2 is 2.00 bits per heavy atom. The quantitative estimate of drug-likeness (QED) is 0.866. The molecule has 2 aliphatic rings. The third kappa shape index (κ3) is 2.34. The number of anilines is 2. The molecule has 0 aromatic carbocycles. The summed E-state index contributed by atoms with van der Waals surface area (Å²) in [7, 11) is 3.75. The summed E-state index contributed by atoms with van der Waals surface area (Å²) in [6, 6.07) is 0. The highest BCUT2D eigenvalue weighted by molar-refractivity contribution is 6.28. The van der Waals surface area contributed by atoms with E-state index in [0.29, 0.717) is 23.7 Å². The minimum atomic E-state index is -0.180. The molecule has 19 heavy (non-hydrogen) atoms. The number of aliphatic hydroxyl groups excluding tert-OH is 1. The Labute approximate surface area is 117 Å². The Kier molecular flexibility index (Phi) is 3.22. The zero-order chi connectivity index (χ0) is 13.6. The molecular formula is C12H18ClN5O. The van der Waals surface area contributed by atoms with Crippen molar-refractivity contribution in [1.82, 2.24) is 15.0 Å². The van der Waals surface area contributed by atoms with Gasteiger partial charge < -0.3 is 14.9 Å². The van der Waals surface area contributed by atoms with Crippen LogP contribution in [0.15, 0.2) is 0 Å². The highest BCUT2D eigenvalue weighted by atomic mass is 35.5. The smallest absolute Gasteiger partial charge is 0.231 e. The molecule has 7 heteroatoms. The van der Waals surface area contributed by atoms with Crippen LogP contribution in [0.25, 0.3) is 0 Å². The van der Waals surface area contributed by atoms with Gasteiger partial charge in [-0.05, 0) is 30.4 Å². The van der Waals surface area contributed by atoms with Gasteiger partial charge in [-0.25, -0.2) is 0 Å². The van der Waals surface area contributed by atoms with Crippen molar-refractivity contribution in [3.8, 4) is 0 Å². The van der Waals surface area contributed by atoms with Crippen molar-refractivity contribution in [3.63, 3.8) is 0 Å². The van der Waals surface area contributed by atoms with Crippen LogP contribution in [0, 0.1) is 11.8 Å². The lowest BCUT2D eigenvalue weighted by molar-refractivity contribution is 0.133. The van der Waals surface area contributed by atoms with Crippen LogP contribution < -0.4 is 9.80 Å². The first-order valence-electron chi connectivity index (χ1n) is 6.56. The second kappa shape index (κ2) is 4.76. The summed E-state index contributed by atoms with van der Waals surface area (Å²) in [4.78, 5) is 16.6. The van der Waals surface area contributed by atoms with Crippen LogP contribution in [-0.4, -0.2) is 53.3 Å². The third-order valence-electron chi connectivity index (χ3n) is 4.09. The molecule has 2 fully saturated rings. The molecule has 0 bridgehead atoms. The molecule has 3 atom stereocenters. The highest BCUT2D eigenvalue weighted by Crippen LogP contribution is 2.39. The predicted molar refractivity (Wildman–Crippen MR) is 73.6 cm³/mol. The molecule has 3 rings (SSSR count). The van der Waals surface area contributed by atoms with E-state index in [1.54, 1.807) is 0 Å². The Morgan fingerprint density at radius 3 is 2.68 bits per heavy atom. The van der Waals surface area contributed by atoms with Gasteiger partial charge in [-0.3, -0.25) is 0 Å². The molecule has 0 spiro atoms. The molecule has 3 unspecified atom stereocenters. The zero-order valence-corrected chi connectivity index (χ0v) is 11.9.